The Kier molecular flexibility index (Phi) is 4.19. The van der Waals surface area contributed by atoms with Crippen molar-refractivity contribution in [2.45, 2.75) is 25.9 Å². The zero-order chi connectivity index (χ0) is 5.98. The summed E-state index contributed by atoms with van der Waals surface area (Å²) in [6.45, 7) is 6.10. The highest BCUT2D eigenvalue weighted by Gasteiger charge is 2.17. The van der Waals surface area contributed by atoms with Crippen LogP contribution in [0.5, 0.6) is 0 Å². The van der Waals surface area contributed by atoms with Crippen molar-refractivity contribution in [1.82, 2.24) is 5.32 Å². The van der Waals surface area contributed by atoms with Crippen LogP contribution in [0.15, 0.2) is 0 Å². The summed E-state index contributed by atoms with van der Waals surface area (Å²) >= 11 is 0. The number of ether oxygens (including phenoxy) is 1. The smallest absolute Gasteiger partial charge is 0.0643 e. The molecule has 0 aromatic carbocycles. The van der Waals surface area contributed by atoms with Crippen molar-refractivity contribution in [2.24, 2.45) is 0 Å². The molecular weight excluding hydrogens is 138 g/mol. The average Bonchev–Trinajstić information content (AvgIpc) is 1.55. The summed E-state index contributed by atoms with van der Waals surface area (Å²) in [6.07, 6.45) is 0. The van der Waals surface area contributed by atoms with E-state index in [-0.39, 0.29) is 12.4 Å². The summed E-state index contributed by atoms with van der Waals surface area (Å²) < 4.78 is 4.97. The molecule has 1 N–H and O–H groups in total. The van der Waals surface area contributed by atoms with Gasteiger partial charge in [0, 0.05) is 6.04 Å². The standard InChI is InChI=1S/C6H13NO.ClH/c1-5(2)7-6-3-8-4-6;/h5-7H,3-4H2,1-2H3;1H. The topological polar surface area (TPSA) is 21.3 Å². The minimum Gasteiger partial charge on any atom is -0.378 e. The van der Waals surface area contributed by atoms with E-state index in [2.05, 4.69) is 19.2 Å². The van der Waals surface area contributed by atoms with Gasteiger partial charge in [0.15, 0.2) is 0 Å². The van der Waals surface area contributed by atoms with Crippen LogP contribution >= 0.6 is 12.4 Å². The molecule has 9 heavy (non-hydrogen) atoms. The van der Waals surface area contributed by atoms with Gasteiger partial charge in [-0.3, -0.25) is 0 Å². The molecule has 1 aliphatic rings. The second-order valence-corrected chi connectivity index (χ2v) is 2.56. The summed E-state index contributed by atoms with van der Waals surface area (Å²) in [5.74, 6) is 0. The largest absolute Gasteiger partial charge is 0.378 e. The number of hydrogen-bond donors (Lipinski definition) is 1. The van der Waals surface area contributed by atoms with Gasteiger partial charge in [-0.15, -0.1) is 12.4 Å². The lowest BCUT2D eigenvalue weighted by Crippen LogP contribution is -2.48. The predicted molar refractivity (Wildman–Crippen MR) is 40.1 cm³/mol. The zero-order valence-corrected chi connectivity index (χ0v) is 6.70. The first kappa shape index (κ1) is 9.21. The molecule has 2 nitrogen and oxygen atoms in total. The fourth-order valence-corrected chi connectivity index (χ4v) is 0.803. The first-order valence-corrected chi connectivity index (χ1v) is 3.13. The van der Waals surface area contributed by atoms with Crippen LogP contribution in [-0.2, 0) is 4.74 Å². The first-order valence-electron chi connectivity index (χ1n) is 3.13. The molecule has 0 aromatic heterocycles. The van der Waals surface area contributed by atoms with E-state index < -0.39 is 0 Å². The van der Waals surface area contributed by atoms with E-state index >= 15 is 0 Å². The summed E-state index contributed by atoms with van der Waals surface area (Å²) in [4.78, 5) is 0. The van der Waals surface area contributed by atoms with Gasteiger partial charge < -0.3 is 10.1 Å². The molecule has 1 saturated heterocycles. The molecule has 0 saturated carbocycles. The van der Waals surface area contributed by atoms with Gasteiger partial charge in [-0.25, -0.2) is 0 Å². The van der Waals surface area contributed by atoms with Gasteiger partial charge in [-0.05, 0) is 0 Å². The summed E-state index contributed by atoms with van der Waals surface area (Å²) in [7, 11) is 0. The van der Waals surface area contributed by atoms with Gasteiger partial charge in [0.25, 0.3) is 0 Å². The SMILES string of the molecule is CC(C)NC1COC1.Cl. The molecule has 56 valence electrons. The number of hydrogen-bond acceptors (Lipinski definition) is 2. The maximum Gasteiger partial charge on any atom is 0.0643 e. The van der Waals surface area contributed by atoms with E-state index in [9.17, 15) is 0 Å². The third kappa shape index (κ3) is 3.04. The molecule has 0 aliphatic carbocycles. The van der Waals surface area contributed by atoms with E-state index in [1.807, 2.05) is 0 Å². The van der Waals surface area contributed by atoms with Gasteiger partial charge >= 0.3 is 0 Å². The summed E-state index contributed by atoms with van der Waals surface area (Å²) in [5.41, 5.74) is 0. The Hall–Kier alpha value is 0.210. The molecule has 1 heterocycles. The minimum absolute atomic E-state index is 0. The lowest BCUT2D eigenvalue weighted by Gasteiger charge is -2.28. The Morgan fingerprint density at radius 2 is 2.00 bits per heavy atom. The molecule has 0 unspecified atom stereocenters. The van der Waals surface area contributed by atoms with Gasteiger partial charge in [-0.2, -0.15) is 0 Å². The van der Waals surface area contributed by atoms with Gasteiger partial charge in [0.1, 0.15) is 0 Å². The fraction of sp³-hybridized carbons (Fsp3) is 1.00. The number of rotatable bonds is 2. The van der Waals surface area contributed by atoms with Crippen molar-refractivity contribution in [2.75, 3.05) is 13.2 Å². The van der Waals surface area contributed by atoms with Crippen molar-refractivity contribution in [3.63, 3.8) is 0 Å². The Morgan fingerprint density at radius 3 is 2.11 bits per heavy atom. The second kappa shape index (κ2) is 4.09. The van der Waals surface area contributed by atoms with Crippen LogP contribution in [-0.4, -0.2) is 25.3 Å². The molecule has 3 heteroatoms. The monoisotopic (exact) mass is 151 g/mol. The molecular formula is C6H14ClNO. The van der Waals surface area contributed by atoms with Crippen LogP contribution in [0, 0.1) is 0 Å². The Morgan fingerprint density at radius 1 is 1.44 bits per heavy atom. The average molecular weight is 152 g/mol. The summed E-state index contributed by atoms with van der Waals surface area (Å²) in [6, 6.07) is 1.24. The molecule has 0 amide bonds. The maximum atomic E-state index is 4.97. The zero-order valence-electron chi connectivity index (χ0n) is 5.89. The highest BCUT2D eigenvalue weighted by Crippen LogP contribution is 1.99. The number of halogens is 1. The van der Waals surface area contributed by atoms with Crippen LogP contribution in [0.2, 0.25) is 0 Å². The van der Waals surface area contributed by atoms with Crippen molar-refractivity contribution in [1.29, 1.82) is 0 Å². The lowest BCUT2D eigenvalue weighted by molar-refractivity contribution is -0.00828. The number of nitrogens with one attached hydrogen (secondary N) is 1. The molecule has 1 fully saturated rings. The molecule has 1 rings (SSSR count). The Balaban J connectivity index is 0.000000640. The van der Waals surface area contributed by atoms with Crippen molar-refractivity contribution < 1.29 is 4.74 Å². The highest BCUT2D eigenvalue weighted by atomic mass is 35.5. The van der Waals surface area contributed by atoms with Crippen LogP contribution in [0.4, 0.5) is 0 Å². The van der Waals surface area contributed by atoms with E-state index in [0.29, 0.717) is 12.1 Å². The molecule has 1 aliphatic heterocycles. The van der Waals surface area contributed by atoms with Crippen molar-refractivity contribution in [3.05, 3.63) is 0 Å². The third-order valence-electron chi connectivity index (χ3n) is 1.21. The normalized spacial score (nSPS) is 19.0. The molecule has 0 atom stereocenters. The van der Waals surface area contributed by atoms with E-state index in [0.717, 1.165) is 13.2 Å². The molecule has 0 bridgehead atoms. The van der Waals surface area contributed by atoms with Gasteiger partial charge in [0.2, 0.25) is 0 Å². The molecule has 0 aromatic rings. The molecule has 0 spiro atoms. The second-order valence-electron chi connectivity index (χ2n) is 2.56. The predicted octanol–water partition coefficient (Wildman–Crippen LogP) is 0.805. The Bertz CT molecular complexity index is 73.5. The summed E-state index contributed by atoms with van der Waals surface area (Å²) in [5, 5.41) is 3.35. The first-order chi connectivity index (χ1) is 3.79. The van der Waals surface area contributed by atoms with Crippen LogP contribution < -0.4 is 5.32 Å². The quantitative estimate of drug-likeness (QED) is 0.631. The Labute approximate surface area is 62.4 Å². The van der Waals surface area contributed by atoms with Gasteiger partial charge in [-0.1, -0.05) is 13.8 Å². The third-order valence-corrected chi connectivity index (χ3v) is 1.21. The van der Waals surface area contributed by atoms with E-state index in [4.69, 9.17) is 4.74 Å². The lowest BCUT2D eigenvalue weighted by atomic mass is 10.2. The molecule has 0 radical (unpaired) electrons. The van der Waals surface area contributed by atoms with Gasteiger partial charge in [0.05, 0.1) is 19.3 Å². The maximum absolute atomic E-state index is 4.97. The minimum atomic E-state index is 0. The van der Waals surface area contributed by atoms with Crippen LogP contribution in [0.3, 0.4) is 0 Å². The van der Waals surface area contributed by atoms with Crippen molar-refractivity contribution in [3.8, 4) is 0 Å². The fourth-order valence-electron chi connectivity index (χ4n) is 0.803. The van der Waals surface area contributed by atoms with Crippen molar-refractivity contribution >= 4 is 12.4 Å². The van der Waals surface area contributed by atoms with E-state index in [1.54, 1.807) is 0 Å². The van der Waals surface area contributed by atoms with E-state index in [1.165, 1.54) is 0 Å². The highest BCUT2D eigenvalue weighted by molar-refractivity contribution is 5.85. The van der Waals surface area contributed by atoms with Crippen LogP contribution in [0.1, 0.15) is 13.8 Å². The van der Waals surface area contributed by atoms with Crippen LogP contribution in [0.25, 0.3) is 0 Å².